The van der Waals surface area contributed by atoms with E-state index in [1.807, 2.05) is 29.0 Å². The first-order chi connectivity index (χ1) is 14.9. The summed E-state index contributed by atoms with van der Waals surface area (Å²) in [7, 11) is 0. The minimum Gasteiger partial charge on any atom is -0.351 e. The zero-order valence-electron chi connectivity index (χ0n) is 16.3. The molecule has 31 heavy (non-hydrogen) atoms. The molecule has 1 saturated heterocycles. The molecule has 2 heterocycles. The Bertz CT molecular complexity index is 1050. The number of rotatable bonds is 7. The first-order valence-corrected chi connectivity index (χ1v) is 11.2. The maximum absolute atomic E-state index is 10.9. The highest BCUT2D eigenvalue weighted by molar-refractivity contribution is 7.99. The largest absolute Gasteiger partial charge is 0.351 e. The van der Waals surface area contributed by atoms with Crippen LogP contribution in [-0.2, 0) is 21.8 Å². The molecule has 2 aromatic carbocycles. The maximum Gasteiger partial charge on any atom is 0.316 e. The Morgan fingerprint density at radius 1 is 1.29 bits per heavy atom. The SMILES string of the molecule is NC(=O)Nc1ccc(SCC2COC(Cn3ccnc3)(c3ccc(Cl)cc3Cl)O2)cc1. The molecule has 7 nitrogen and oxygen atoms in total. The Labute approximate surface area is 193 Å². The molecule has 1 aromatic heterocycles. The van der Waals surface area contributed by atoms with E-state index in [2.05, 4.69) is 10.3 Å². The van der Waals surface area contributed by atoms with E-state index in [-0.39, 0.29) is 6.10 Å². The molecule has 0 radical (unpaired) electrons. The molecule has 162 valence electrons. The van der Waals surface area contributed by atoms with Crippen LogP contribution < -0.4 is 11.1 Å². The van der Waals surface area contributed by atoms with Gasteiger partial charge in [0.05, 0.1) is 30.6 Å². The number of nitrogens with two attached hydrogens (primary N) is 1. The summed E-state index contributed by atoms with van der Waals surface area (Å²) in [5, 5.41) is 3.58. The number of halogens is 2. The molecular formula is C21H20Cl2N4O3S. The van der Waals surface area contributed by atoms with Crippen LogP contribution in [0.2, 0.25) is 10.0 Å². The van der Waals surface area contributed by atoms with E-state index in [0.29, 0.717) is 34.6 Å². The van der Waals surface area contributed by atoms with Gasteiger partial charge < -0.3 is 25.1 Å². The van der Waals surface area contributed by atoms with Crippen molar-refractivity contribution in [2.24, 2.45) is 5.73 Å². The predicted octanol–water partition coefficient (Wildman–Crippen LogP) is 4.74. The number of nitrogens with zero attached hydrogens (tertiary/aromatic N) is 2. The molecule has 0 saturated carbocycles. The van der Waals surface area contributed by atoms with Crippen LogP contribution in [0.3, 0.4) is 0 Å². The van der Waals surface area contributed by atoms with E-state index in [9.17, 15) is 4.79 Å². The number of carbonyl (C=O) groups is 1. The minimum absolute atomic E-state index is 0.149. The number of primary amides is 1. The molecule has 3 N–H and O–H groups in total. The number of urea groups is 1. The standard InChI is InChI=1S/C21H20Cl2N4O3S/c22-14-1-6-18(19(23)9-14)21(12-27-8-7-25-13-27)29-10-16(30-21)11-31-17-4-2-15(3-5-17)26-20(24)28/h1-9,13,16H,10-12H2,(H3,24,26,28). The lowest BCUT2D eigenvalue weighted by Gasteiger charge is -2.30. The fourth-order valence-corrected chi connectivity index (χ4v) is 4.76. The van der Waals surface area contributed by atoms with Gasteiger partial charge in [0.15, 0.2) is 0 Å². The van der Waals surface area contributed by atoms with Gasteiger partial charge in [-0.05, 0) is 36.4 Å². The number of nitrogens with one attached hydrogen (secondary N) is 1. The van der Waals surface area contributed by atoms with E-state index in [1.54, 1.807) is 48.6 Å². The summed E-state index contributed by atoms with van der Waals surface area (Å²) in [5.41, 5.74) is 6.51. The van der Waals surface area contributed by atoms with Gasteiger partial charge in [-0.3, -0.25) is 0 Å². The number of anilines is 1. The van der Waals surface area contributed by atoms with E-state index < -0.39 is 11.8 Å². The molecule has 4 rings (SSSR count). The topological polar surface area (TPSA) is 91.4 Å². The summed E-state index contributed by atoms with van der Waals surface area (Å²) in [6, 6.07) is 12.1. The van der Waals surface area contributed by atoms with Gasteiger partial charge in [-0.15, -0.1) is 11.8 Å². The molecule has 1 aliphatic heterocycles. The van der Waals surface area contributed by atoms with Crippen molar-refractivity contribution >= 4 is 46.7 Å². The summed E-state index contributed by atoms with van der Waals surface area (Å²) >= 11 is 14.2. The molecule has 1 aliphatic rings. The molecule has 2 atom stereocenters. The monoisotopic (exact) mass is 478 g/mol. The van der Waals surface area contributed by atoms with Gasteiger partial charge in [0.2, 0.25) is 5.79 Å². The summed E-state index contributed by atoms with van der Waals surface area (Å²) < 4.78 is 14.5. The second-order valence-electron chi connectivity index (χ2n) is 6.99. The Hall–Kier alpha value is -2.23. The van der Waals surface area contributed by atoms with E-state index in [1.165, 1.54) is 0 Å². The van der Waals surface area contributed by atoms with Gasteiger partial charge in [-0.1, -0.05) is 29.3 Å². The number of aromatic nitrogens is 2. The molecule has 0 bridgehead atoms. The second kappa shape index (κ2) is 9.50. The smallest absolute Gasteiger partial charge is 0.316 e. The van der Waals surface area contributed by atoms with Crippen LogP contribution >= 0.6 is 35.0 Å². The lowest BCUT2D eigenvalue weighted by molar-refractivity contribution is -0.184. The van der Waals surface area contributed by atoms with Crippen molar-refractivity contribution in [1.29, 1.82) is 0 Å². The Morgan fingerprint density at radius 2 is 2.10 bits per heavy atom. The van der Waals surface area contributed by atoms with Crippen LogP contribution in [0.15, 0.2) is 66.1 Å². The molecule has 1 fully saturated rings. The third kappa shape index (κ3) is 5.34. The zero-order chi connectivity index (χ0) is 21.8. The summed E-state index contributed by atoms with van der Waals surface area (Å²) in [6.07, 6.45) is 5.11. The quantitative estimate of drug-likeness (QED) is 0.478. The van der Waals surface area contributed by atoms with Gasteiger partial charge in [0.1, 0.15) is 0 Å². The van der Waals surface area contributed by atoms with Gasteiger partial charge in [0.25, 0.3) is 0 Å². The number of hydrogen-bond donors (Lipinski definition) is 2. The van der Waals surface area contributed by atoms with Gasteiger partial charge in [-0.25, -0.2) is 9.78 Å². The third-order valence-electron chi connectivity index (χ3n) is 4.71. The van der Waals surface area contributed by atoms with Crippen molar-refractivity contribution in [3.05, 3.63) is 76.8 Å². The van der Waals surface area contributed by atoms with Crippen LogP contribution in [-0.4, -0.2) is 34.0 Å². The second-order valence-corrected chi connectivity index (χ2v) is 8.92. The third-order valence-corrected chi connectivity index (χ3v) is 6.40. The molecule has 0 aliphatic carbocycles. The van der Waals surface area contributed by atoms with E-state index >= 15 is 0 Å². The van der Waals surface area contributed by atoms with E-state index in [4.69, 9.17) is 38.4 Å². The van der Waals surface area contributed by atoms with Crippen molar-refractivity contribution in [2.75, 3.05) is 17.7 Å². The highest BCUT2D eigenvalue weighted by Crippen LogP contribution is 2.41. The normalized spacial score (nSPS) is 20.6. The van der Waals surface area contributed by atoms with Crippen LogP contribution in [0.1, 0.15) is 5.56 Å². The van der Waals surface area contributed by atoms with Gasteiger partial charge >= 0.3 is 6.03 Å². The highest BCUT2D eigenvalue weighted by Gasteiger charge is 2.45. The molecule has 0 spiro atoms. The average Bonchev–Trinajstić information content (AvgIpc) is 3.38. The minimum atomic E-state index is -1.04. The summed E-state index contributed by atoms with van der Waals surface area (Å²) in [6.45, 7) is 0.824. The fraction of sp³-hybridized carbons (Fsp3) is 0.238. The Balaban J connectivity index is 1.47. The molecule has 2 amide bonds. The average molecular weight is 479 g/mol. The van der Waals surface area contributed by atoms with Crippen molar-refractivity contribution in [1.82, 2.24) is 9.55 Å². The number of thioether (sulfide) groups is 1. The van der Waals surface area contributed by atoms with Crippen LogP contribution in [0, 0.1) is 0 Å². The van der Waals surface area contributed by atoms with Crippen LogP contribution in [0.4, 0.5) is 10.5 Å². The molecule has 3 aromatic rings. The number of ether oxygens (including phenoxy) is 2. The van der Waals surface area contributed by atoms with Gasteiger partial charge in [0, 0.05) is 39.3 Å². The zero-order valence-corrected chi connectivity index (χ0v) is 18.7. The number of imidazole rings is 1. The van der Waals surface area contributed by atoms with Crippen LogP contribution in [0.25, 0.3) is 0 Å². The lowest BCUT2D eigenvalue weighted by atomic mass is 10.1. The summed E-state index contributed by atoms with van der Waals surface area (Å²) in [5.74, 6) is -0.359. The van der Waals surface area contributed by atoms with Crippen molar-refractivity contribution in [3.63, 3.8) is 0 Å². The van der Waals surface area contributed by atoms with E-state index in [0.717, 1.165) is 10.5 Å². The molecule has 2 unspecified atom stereocenters. The maximum atomic E-state index is 10.9. The first kappa shape index (κ1) is 22.0. The van der Waals surface area contributed by atoms with Crippen molar-refractivity contribution in [3.8, 4) is 0 Å². The van der Waals surface area contributed by atoms with Crippen molar-refractivity contribution < 1.29 is 14.3 Å². The van der Waals surface area contributed by atoms with Crippen LogP contribution in [0.5, 0.6) is 0 Å². The summed E-state index contributed by atoms with van der Waals surface area (Å²) in [4.78, 5) is 16.1. The fourth-order valence-electron chi connectivity index (χ4n) is 3.34. The lowest BCUT2D eigenvalue weighted by Crippen LogP contribution is -2.34. The Kier molecular flexibility index (Phi) is 6.74. The molecule has 10 heteroatoms. The van der Waals surface area contributed by atoms with Crippen molar-refractivity contribution in [2.45, 2.75) is 23.3 Å². The number of hydrogen-bond acceptors (Lipinski definition) is 5. The molecular weight excluding hydrogens is 459 g/mol. The Morgan fingerprint density at radius 3 is 2.77 bits per heavy atom. The predicted molar refractivity (Wildman–Crippen MR) is 122 cm³/mol. The number of amides is 2. The highest BCUT2D eigenvalue weighted by atomic mass is 35.5. The number of carbonyl (C=O) groups excluding carboxylic acids is 1. The van der Waals surface area contributed by atoms with Gasteiger partial charge in [-0.2, -0.15) is 0 Å². The number of benzene rings is 2. The first-order valence-electron chi connectivity index (χ1n) is 9.46.